The number of sulfonamides is 1. The SMILES string of the molecule is O=S(=O)(Cc1ccccc1)N1CCC(Cn2cnc3cc(-c4cn[nH]c4)ccc32)CC1. The Labute approximate surface area is 181 Å². The van der Waals surface area contributed by atoms with E-state index in [9.17, 15) is 8.42 Å². The lowest BCUT2D eigenvalue weighted by atomic mass is 9.98. The Morgan fingerprint density at radius 3 is 2.58 bits per heavy atom. The zero-order valence-electron chi connectivity index (χ0n) is 17.2. The predicted octanol–water partition coefficient (Wildman–Crippen LogP) is 3.67. The molecule has 4 aromatic rings. The highest BCUT2D eigenvalue weighted by atomic mass is 32.2. The standard InChI is InChI=1S/C23H25N5O2S/c29-31(30,16-19-4-2-1-3-5-19)28-10-8-18(9-11-28)15-27-17-24-22-12-20(6-7-23(22)27)21-13-25-26-14-21/h1-7,12-14,17-18H,8-11,15-16H2,(H,25,26). The number of rotatable bonds is 6. The third kappa shape index (κ3) is 4.26. The molecule has 1 aliphatic heterocycles. The number of hydrogen-bond acceptors (Lipinski definition) is 4. The first-order valence-electron chi connectivity index (χ1n) is 10.5. The maximum Gasteiger partial charge on any atom is 0.218 e. The van der Waals surface area contributed by atoms with Gasteiger partial charge in [0.15, 0.2) is 0 Å². The summed E-state index contributed by atoms with van der Waals surface area (Å²) in [4.78, 5) is 4.58. The number of nitrogens with zero attached hydrogens (tertiary/aromatic N) is 4. The molecule has 0 aliphatic carbocycles. The van der Waals surface area contributed by atoms with Crippen molar-refractivity contribution in [1.29, 1.82) is 0 Å². The summed E-state index contributed by atoms with van der Waals surface area (Å²) in [6, 6.07) is 15.7. The Kier molecular flexibility index (Phi) is 5.33. The highest BCUT2D eigenvalue weighted by Crippen LogP contribution is 2.26. The van der Waals surface area contributed by atoms with Crippen molar-refractivity contribution >= 4 is 21.1 Å². The fraction of sp³-hybridized carbons (Fsp3) is 0.304. The zero-order chi connectivity index (χ0) is 21.3. The van der Waals surface area contributed by atoms with Gasteiger partial charge in [-0.2, -0.15) is 5.10 Å². The van der Waals surface area contributed by atoms with E-state index in [2.05, 4.69) is 37.9 Å². The van der Waals surface area contributed by atoms with Crippen molar-refractivity contribution in [2.24, 2.45) is 5.92 Å². The van der Waals surface area contributed by atoms with Crippen LogP contribution in [0.1, 0.15) is 18.4 Å². The van der Waals surface area contributed by atoms with Gasteiger partial charge in [0, 0.05) is 31.4 Å². The summed E-state index contributed by atoms with van der Waals surface area (Å²) in [5.41, 5.74) is 5.03. The number of benzene rings is 2. The molecule has 0 spiro atoms. The topological polar surface area (TPSA) is 83.9 Å². The first-order valence-corrected chi connectivity index (χ1v) is 12.2. The number of hydrogen-bond donors (Lipinski definition) is 1. The maximum atomic E-state index is 12.8. The third-order valence-electron chi connectivity index (χ3n) is 6.07. The minimum absolute atomic E-state index is 0.0731. The largest absolute Gasteiger partial charge is 0.330 e. The summed E-state index contributed by atoms with van der Waals surface area (Å²) in [7, 11) is -3.28. The van der Waals surface area contributed by atoms with Crippen molar-refractivity contribution in [2.45, 2.75) is 25.1 Å². The number of aromatic amines is 1. The summed E-state index contributed by atoms with van der Waals surface area (Å²) in [6.45, 7) is 2.02. The van der Waals surface area contributed by atoms with E-state index in [1.807, 2.05) is 42.9 Å². The van der Waals surface area contributed by atoms with E-state index in [1.165, 1.54) is 0 Å². The van der Waals surface area contributed by atoms with E-state index < -0.39 is 10.0 Å². The highest BCUT2D eigenvalue weighted by Gasteiger charge is 2.28. The van der Waals surface area contributed by atoms with Crippen LogP contribution in [0.25, 0.3) is 22.2 Å². The molecule has 0 unspecified atom stereocenters. The van der Waals surface area contributed by atoms with Crippen molar-refractivity contribution < 1.29 is 8.42 Å². The second kappa shape index (κ2) is 8.28. The molecule has 2 aromatic carbocycles. The number of aromatic nitrogens is 4. The van der Waals surface area contributed by atoms with Gasteiger partial charge in [0.2, 0.25) is 10.0 Å². The maximum absolute atomic E-state index is 12.8. The molecule has 0 saturated carbocycles. The lowest BCUT2D eigenvalue weighted by Crippen LogP contribution is -2.39. The number of nitrogens with one attached hydrogen (secondary N) is 1. The van der Waals surface area contributed by atoms with E-state index in [0.29, 0.717) is 19.0 Å². The number of imidazole rings is 1. The Balaban J connectivity index is 1.23. The minimum atomic E-state index is -3.28. The summed E-state index contributed by atoms with van der Waals surface area (Å²) in [5.74, 6) is 0.512. The highest BCUT2D eigenvalue weighted by molar-refractivity contribution is 7.88. The first kappa shape index (κ1) is 20.0. The molecule has 0 amide bonds. The van der Waals surface area contributed by atoms with Gasteiger partial charge in [-0.05, 0) is 42.0 Å². The third-order valence-corrected chi connectivity index (χ3v) is 7.92. The van der Waals surface area contributed by atoms with Gasteiger partial charge in [0.05, 0.1) is 29.3 Å². The summed E-state index contributed by atoms with van der Waals surface area (Å²) in [5, 5.41) is 6.85. The van der Waals surface area contributed by atoms with Crippen LogP contribution in [0.5, 0.6) is 0 Å². The minimum Gasteiger partial charge on any atom is -0.330 e. The summed E-state index contributed by atoms with van der Waals surface area (Å²) < 4.78 is 29.4. The summed E-state index contributed by atoms with van der Waals surface area (Å²) in [6.07, 6.45) is 7.29. The average Bonchev–Trinajstić information content (AvgIpc) is 3.45. The van der Waals surface area contributed by atoms with Gasteiger partial charge >= 0.3 is 0 Å². The Morgan fingerprint density at radius 2 is 1.84 bits per heavy atom. The molecule has 8 heteroatoms. The second-order valence-electron chi connectivity index (χ2n) is 8.17. The summed E-state index contributed by atoms with van der Waals surface area (Å²) >= 11 is 0. The Bertz CT molecular complexity index is 1260. The molecule has 0 atom stereocenters. The molecule has 160 valence electrons. The molecule has 7 nitrogen and oxygen atoms in total. The van der Waals surface area contributed by atoms with Crippen molar-refractivity contribution in [3.63, 3.8) is 0 Å². The monoisotopic (exact) mass is 435 g/mol. The van der Waals surface area contributed by atoms with Gasteiger partial charge in [-0.3, -0.25) is 5.10 Å². The molecule has 1 fully saturated rings. The quantitative estimate of drug-likeness (QED) is 0.501. The fourth-order valence-corrected chi connectivity index (χ4v) is 5.89. The molecule has 0 bridgehead atoms. The van der Waals surface area contributed by atoms with Gasteiger partial charge < -0.3 is 4.57 Å². The lowest BCUT2D eigenvalue weighted by Gasteiger charge is -2.31. The van der Waals surface area contributed by atoms with E-state index in [0.717, 1.165) is 47.1 Å². The smallest absolute Gasteiger partial charge is 0.218 e. The van der Waals surface area contributed by atoms with Crippen molar-refractivity contribution in [3.05, 3.63) is 72.8 Å². The zero-order valence-corrected chi connectivity index (χ0v) is 18.0. The predicted molar refractivity (Wildman–Crippen MR) is 121 cm³/mol. The van der Waals surface area contributed by atoms with Crippen LogP contribution in [-0.2, 0) is 22.3 Å². The van der Waals surface area contributed by atoms with Crippen LogP contribution in [-0.4, -0.2) is 45.6 Å². The van der Waals surface area contributed by atoms with Crippen molar-refractivity contribution in [2.75, 3.05) is 13.1 Å². The van der Waals surface area contributed by atoms with Crippen LogP contribution >= 0.6 is 0 Å². The number of fused-ring (bicyclic) bond motifs is 1. The molecule has 2 aromatic heterocycles. The fourth-order valence-electron chi connectivity index (χ4n) is 4.32. The number of H-pyrrole nitrogens is 1. The van der Waals surface area contributed by atoms with Gasteiger partial charge in [0.1, 0.15) is 0 Å². The lowest BCUT2D eigenvalue weighted by molar-refractivity contribution is 0.254. The van der Waals surface area contributed by atoms with E-state index in [1.54, 1.807) is 10.5 Å². The Hall–Kier alpha value is -2.97. The first-order chi connectivity index (χ1) is 15.1. The molecule has 31 heavy (non-hydrogen) atoms. The van der Waals surface area contributed by atoms with Crippen LogP contribution < -0.4 is 0 Å². The molecule has 1 saturated heterocycles. The van der Waals surface area contributed by atoms with Crippen molar-refractivity contribution in [1.82, 2.24) is 24.1 Å². The molecular weight excluding hydrogens is 410 g/mol. The van der Waals surface area contributed by atoms with Crippen LogP contribution in [0.4, 0.5) is 0 Å². The normalized spacial score (nSPS) is 16.1. The van der Waals surface area contributed by atoms with Crippen LogP contribution in [0.15, 0.2) is 67.3 Å². The van der Waals surface area contributed by atoms with E-state index in [4.69, 9.17) is 0 Å². The average molecular weight is 436 g/mol. The van der Waals surface area contributed by atoms with Crippen LogP contribution in [0.3, 0.4) is 0 Å². The van der Waals surface area contributed by atoms with Crippen LogP contribution in [0.2, 0.25) is 0 Å². The number of piperidine rings is 1. The van der Waals surface area contributed by atoms with E-state index >= 15 is 0 Å². The molecular formula is C23H25N5O2S. The van der Waals surface area contributed by atoms with Crippen molar-refractivity contribution in [3.8, 4) is 11.1 Å². The molecule has 0 radical (unpaired) electrons. The van der Waals surface area contributed by atoms with Crippen LogP contribution in [0, 0.1) is 5.92 Å². The van der Waals surface area contributed by atoms with Gasteiger partial charge in [-0.25, -0.2) is 17.7 Å². The van der Waals surface area contributed by atoms with Gasteiger partial charge in [-0.1, -0.05) is 36.4 Å². The second-order valence-corrected chi connectivity index (χ2v) is 10.1. The van der Waals surface area contributed by atoms with E-state index in [-0.39, 0.29) is 5.75 Å². The molecule has 1 aliphatic rings. The Morgan fingerprint density at radius 1 is 1.03 bits per heavy atom. The van der Waals surface area contributed by atoms with Gasteiger partial charge in [-0.15, -0.1) is 0 Å². The molecule has 1 N–H and O–H groups in total. The van der Waals surface area contributed by atoms with Gasteiger partial charge in [0.25, 0.3) is 0 Å². The molecule has 3 heterocycles. The molecule has 5 rings (SSSR count).